The first-order valence-electron chi connectivity index (χ1n) is 6.01. The van der Waals surface area contributed by atoms with E-state index in [1.54, 1.807) is 18.4 Å². The number of guanidine groups is 1. The molecule has 0 aromatic carbocycles. The van der Waals surface area contributed by atoms with Crippen molar-refractivity contribution in [3.63, 3.8) is 0 Å². The zero-order valence-corrected chi connectivity index (χ0v) is 15.1. The summed E-state index contributed by atoms with van der Waals surface area (Å²) in [7, 11) is 1.68. The Hall–Kier alpha value is -0.0500. The molecule has 110 valence electrons. The van der Waals surface area contributed by atoms with Gasteiger partial charge in [0.05, 0.1) is 17.5 Å². The van der Waals surface area contributed by atoms with E-state index in [0.717, 1.165) is 29.8 Å². The smallest absolute Gasteiger partial charge is 0.191 e. The van der Waals surface area contributed by atoms with Crippen LogP contribution in [0.3, 0.4) is 0 Å². The van der Waals surface area contributed by atoms with E-state index >= 15 is 0 Å². The molecule has 4 nitrogen and oxygen atoms in total. The molecular weight excluding hydrogens is 397 g/mol. The van der Waals surface area contributed by atoms with Gasteiger partial charge in [-0.05, 0) is 25.5 Å². The van der Waals surface area contributed by atoms with Crippen LogP contribution < -0.4 is 10.6 Å². The van der Waals surface area contributed by atoms with Crippen LogP contribution in [0.4, 0.5) is 0 Å². The van der Waals surface area contributed by atoms with E-state index in [0.29, 0.717) is 13.2 Å². The fraction of sp³-hybridized carbons (Fsp3) is 0.583. The number of thiophene rings is 1. The number of ether oxygens (including phenoxy) is 1. The Morgan fingerprint density at radius 3 is 2.79 bits per heavy atom. The average molecular weight is 418 g/mol. The predicted octanol–water partition coefficient (Wildman–Crippen LogP) is 2.76. The summed E-state index contributed by atoms with van der Waals surface area (Å²) in [6.07, 6.45) is 0.950. The Morgan fingerprint density at radius 2 is 2.21 bits per heavy atom. The van der Waals surface area contributed by atoms with E-state index in [-0.39, 0.29) is 24.0 Å². The predicted molar refractivity (Wildman–Crippen MR) is 94.3 cm³/mol. The second-order valence-corrected chi connectivity index (χ2v) is 5.44. The van der Waals surface area contributed by atoms with Crippen molar-refractivity contribution in [3.8, 4) is 0 Å². The lowest BCUT2D eigenvalue weighted by atomic mass is 10.3. The summed E-state index contributed by atoms with van der Waals surface area (Å²) in [5.41, 5.74) is 0. The van der Waals surface area contributed by atoms with Crippen LogP contribution >= 0.6 is 46.9 Å². The van der Waals surface area contributed by atoms with E-state index in [1.807, 2.05) is 13.0 Å². The molecule has 0 amide bonds. The lowest BCUT2D eigenvalue weighted by Gasteiger charge is -2.10. The van der Waals surface area contributed by atoms with Gasteiger partial charge in [-0.15, -0.1) is 35.3 Å². The fourth-order valence-corrected chi connectivity index (χ4v) is 2.47. The van der Waals surface area contributed by atoms with E-state index in [9.17, 15) is 0 Å². The van der Waals surface area contributed by atoms with Gasteiger partial charge < -0.3 is 15.4 Å². The van der Waals surface area contributed by atoms with Crippen molar-refractivity contribution in [2.45, 2.75) is 13.3 Å². The van der Waals surface area contributed by atoms with E-state index in [1.165, 1.54) is 4.88 Å². The molecule has 2 N–H and O–H groups in total. The van der Waals surface area contributed by atoms with Crippen LogP contribution in [0.2, 0.25) is 4.34 Å². The Kier molecular flexibility index (Phi) is 11.7. The number of hydrogen-bond donors (Lipinski definition) is 2. The molecule has 1 aromatic rings. The van der Waals surface area contributed by atoms with Gasteiger partial charge in [-0.3, -0.25) is 4.99 Å². The third-order valence-electron chi connectivity index (χ3n) is 2.20. The molecule has 0 spiro atoms. The molecule has 0 fully saturated rings. The molecule has 0 saturated heterocycles. The average Bonchev–Trinajstić information content (AvgIpc) is 2.75. The second-order valence-electron chi connectivity index (χ2n) is 3.64. The van der Waals surface area contributed by atoms with Gasteiger partial charge in [-0.2, -0.15) is 0 Å². The van der Waals surface area contributed by atoms with Crippen molar-refractivity contribution < 1.29 is 4.74 Å². The molecule has 0 unspecified atom stereocenters. The summed E-state index contributed by atoms with van der Waals surface area (Å²) < 4.78 is 5.81. The number of nitrogens with one attached hydrogen (secondary N) is 2. The van der Waals surface area contributed by atoms with Gasteiger partial charge in [0, 0.05) is 25.1 Å². The van der Waals surface area contributed by atoms with E-state index in [2.05, 4.69) is 21.7 Å². The van der Waals surface area contributed by atoms with Crippen LogP contribution in [0, 0.1) is 0 Å². The third-order valence-corrected chi connectivity index (χ3v) is 3.49. The molecule has 1 heterocycles. The van der Waals surface area contributed by atoms with Crippen LogP contribution in [0.1, 0.15) is 11.8 Å². The standard InChI is InChI=1S/C12H20ClN3OS.HI/c1-3-14-12(16-8-9-17-2)15-7-6-10-4-5-11(13)18-10;/h4-5H,3,6-9H2,1-2H3,(H2,14,15,16);1H. The maximum absolute atomic E-state index is 5.88. The third kappa shape index (κ3) is 8.67. The maximum Gasteiger partial charge on any atom is 0.191 e. The summed E-state index contributed by atoms with van der Waals surface area (Å²) in [5, 5.41) is 6.48. The van der Waals surface area contributed by atoms with Gasteiger partial charge in [0.2, 0.25) is 0 Å². The van der Waals surface area contributed by atoms with E-state index in [4.69, 9.17) is 16.3 Å². The van der Waals surface area contributed by atoms with Gasteiger partial charge >= 0.3 is 0 Å². The number of aliphatic imine (C=N–C) groups is 1. The Morgan fingerprint density at radius 1 is 1.42 bits per heavy atom. The van der Waals surface area contributed by atoms with Crippen LogP contribution in [-0.4, -0.2) is 39.3 Å². The lowest BCUT2D eigenvalue weighted by Crippen LogP contribution is -2.38. The van der Waals surface area contributed by atoms with Gasteiger partial charge in [-0.1, -0.05) is 11.6 Å². The summed E-state index contributed by atoms with van der Waals surface area (Å²) in [6, 6.07) is 3.99. The molecule has 0 aliphatic carbocycles. The monoisotopic (exact) mass is 417 g/mol. The number of rotatable bonds is 7. The quantitative estimate of drug-likeness (QED) is 0.310. The Bertz CT molecular complexity index is 374. The largest absolute Gasteiger partial charge is 0.383 e. The molecule has 0 saturated carbocycles. The van der Waals surface area contributed by atoms with Gasteiger partial charge in [0.25, 0.3) is 0 Å². The number of hydrogen-bond acceptors (Lipinski definition) is 3. The van der Waals surface area contributed by atoms with E-state index < -0.39 is 0 Å². The highest BCUT2D eigenvalue weighted by Gasteiger charge is 1.99. The van der Waals surface area contributed by atoms with Crippen molar-refractivity contribution in [1.82, 2.24) is 10.6 Å². The van der Waals surface area contributed by atoms with Gasteiger partial charge in [0.15, 0.2) is 5.96 Å². The molecule has 0 radical (unpaired) electrons. The molecule has 7 heteroatoms. The topological polar surface area (TPSA) is 45.7 Å². The second kappa shape index (κ2) is 11.7. The normalized spacial score (nSPS) is 11.0. The molecule has 0 aliphatic rings. The fourth-order valence-electron chi connectivity index (χ4n) is 1.38. The molecule has 0 bridgehead atoms. The SMILES string of the molecule is CCNC(=NCCOC)NCCc1ccc(Cl)s1.I. The minimum Gasteiger partial charge on any atom is -0.383 e. The first-order chi connectivity index (χ1) is 8.76. The lowest BCUT2D eigenvalue weighted by molar-refractivity contribution is 0.208. The molecule has 1 rings (SSSR count). The highest BCUT2D eigenvalue weighted by molar-refractivity contribution is 14.0. The van der Waals surface area contributed by atoms with Crippen LogP contribution in [-0.2, 0) is 11.2 Å². The van der Waals surface area contributed by atoms with Crippen molar-refractivity contribution in [2.24, 2.45) is 4.99 Å². The van der Waals surface area contributed by atoms with Gasteiger partial charge in [0.1, 0.15) is 0 Å². The molecular formula is C12H21ClIN3OS. The van der Waals surface area contributed by atoms with Crippen LogP contribution in [0.15, 0.2) is 17.1 Å². The zero-order chi connectivity index (χ0) is 13.2. The number of halogens is 2. The van der Waals surface area contributed by atoms with Crippen molar-refractivity contribution in [1.29, 1.82) is 0 Å². The Labute approximate surface area is 141 Å². The highest BCUT2D eigenvalue weighted by atomic mass is 127. The molecule has 19 heavy (non-hydrogen) atoms. The first-order valence-corrected chi connectivity index (χ1v) is 7.21. The Balaban J connectivity index is 0.00000324. The number of nitrogens with zero attached hydrogens (tertiary/aromatic N) is 1. The van der Waals surface area contributed by atoms with Crippen molar-refractivity contribution in [2.75, 3.05) is 33.4 Å². The van der Waals surface area contributed by atoms with Crippen molar-refractivity contribution in [3.05, 3.63) is 21.3 Å². The maximum atomic E-state index is 5.88. The van der Waals surface area contributed by atoms with Gasteiger partial charge in [-0.25, -0.2) is 0 Å². The summed E-state index contributed by atoms with van der Waals surface area (Å²) in [5.74, 6) is 0.831. The van der Waals surface area contributed by atoms with Crippen LogP contribution in [0.25, 0.3) is 0 Å². The first kappa shape index (κ1) is 18.9. The molecule has 1 aromatic heterocycles. The molecule has 0 aliphatic heterocycles. The van der Waals surface area contributed by atoms with Crippen molar-refractivity contribution >= 4 is 52.9 Å². The summed E-state index contributed by atoms with van der Waals surface area (Å²) in [4.78, 5) is 5.66. The minimum absolute atomic E-state index is 0. The van der Waals surface area contributed by atoms with Crippen LogP contribution in [0.5, 0.6) is 0 Å². The zero-order valence-electron chi connectivity index (χ0n) is 11.2. The summed E-state index contributed by atoms with van der Waals surface area (Å²) >= 11 is 7.50. The molecule has 0 atom stereocenters. The minimum atomic E-state index is 0. The summed E-state index contributed by atoms with van der Waals surface area (Å²) in [6.45, 7) is 5.04. The number of methoxy groups -OCH3 is 1. The highest BCUT2D eigenvalue weighted by Crippen LogP contribution is 2.21.